The van der Waals surface area contributed by atoms with Crippen molar-refractivity contribution in [2.45, 2.75) is 40.7 Å². The van der Waals surface area contributed by atoms with Crippen molar-refractivity contribution >= 4 is 17.5 Å². The molecule has 7 nitrogen and oxygen atoms in total. The van der Waals surface area contributed by atoms with E-state index in [9.17, 15) is 14.4 Å². The number of carbonyl (C=O) groups is 3. The summed E-state index contributed by atoms with van der Waals surface area (Å²) in [5.41, 5.74) is 1.92. The fourth-order valence-electron chi connectivity index (χ4n) is 2.99. The second-order valence-electron chi connectivity index (χ2n) is 6.35. The third-order valence-corrected chi connectivity index (χ3v) is 4.21. The van der Waals surface area contributed by atoms with Gasteiger partial charge < -0.3 is 19.2 Å². The maximum atomic E-state index is 12.6. The molecule has 1 aromatic carbocycles. The number of rotatable bonds is 9. The van der Waals surface area contributed by atoms with E-state index in [0.29, 0.717) is 34.9 Å². The highest BCUT2D eigenvalue weighted by atomic mass is 16.6. The molecular formula is C21H25NO6. The first-order chi connectivity index (χ1) is 13.3. The fraction of sp³-hybridized carbons (Fsp3) is 0.381. The van der Waals surface area contributed by atoms with Gasteiger partial charge >= 0.3 is 5.97 Å². The molecule has 0 aliphatic heterocycles. The summed E-state index contributed by atoms with van der Waals surface area (Å²) in [6, 6.07) is 6.98. The third-order valence-electron chi connectivity index (χ3n) is 4.21. The average Bonchev–Trinajstić information content (AvgIpc) is 2.94. The standard InChI is InChI=1S/C21H25NO6/c1-6-26-16-9-7-8-10-17(16)27-11-18(24)28-15(5)21(25)20-12(2)19(14(4)23)13(3)22-20/h7-10,15,22H,6,11H2,1-5H3/t15-/m1/s1. The number of hydrogen-bond donors (Lipinski definition) is 1. The van der Waals surface area contributed by atoms with Gasteiger partial charge in [0.1, 0.15) is 0 Å². The molecule has 0 fully saturated rings. The highest BCUT2D eigenvalue weighted by Crippen LogP contribution is 2.26. The van der Waals surface area contributed by atoms with E-state index in [1.54, 1.807) is 38.1 Å². The zero-order chi connectivity index (χ0) is 20.8. The normalized spacial score (nSPS) is 11.6. The van der Waals surface area contributed by atoms with Crippen molar-refractivity contribution in [1.82, 2.24) is 4.98 Å². The summed E-state index contributed by atoms with van der Waals surface area (Å²) in [7, 11) is 0. The first kappa shape index (κ1) is 21.2. The molecular weight excluding hydrogens is 362 g/mol. The molecule has 28 heavy (non-hydrogen) atoms. The number of para-hydroxylation sites is 2. The fourth-order valence-corrected chi connectivity index (χ4v) is 2.99. The monoisotopic (exact) mass is 387 g/mol. The van der Waals surface area contributed by atoms with Gasteiger partial charge in [-0.2, -0.15) is 0 Å². The van der Waals surface area contributed by atoms with Gasteiger partial charge in [0.05, 0.1) is 12.3 Å². The van der Waals surface area contributed by atoms with E-state index in [1.165, 1.54) is 13.8 Å². The highest BCUT2D eigenvalue weighted by Gasteiger charge is 2.26. The Kier molecular flexibility index (Phi) is 6.98. The number of carbonyl (C=O) groups excluding carboxylic acids is 3. The predicted molar refractivity (Wildman–Crippen MR) is 103 cm³/mol. The van der Waals surface area contributed by atoms with Gasteiger partial charge in [-0.1, -0.05) is 12.1 Å². The van der Waals surface area contributed by atoms with E-state index in [2.05, 4.69) is 4.98 Å². The molecule has 1 atom stereocenters. The number of Topliss-reactive ketones (excluding diaryl/α,β-unsaturated/α-hetero) is 2. The van der Waals surface area contributed by atoms with Crippen molar-refractivity contribution in [3.63, 3.8) is 0 Å². The Balaban J connectivity index is 2.00. The molecule has 0 radical (unpaired) electrons. The maximum absolute atomic E-state index is 12.6. The number of aryl methyl sites for hydroxylation is 1. The van der Waals surface area contributed by atoms with Crippen molar-refractivity contribution in [3.8, 4) is 11.5 Å². The van der Waals surface area contributed by atoms with E-state index in [4.69, 9.17) is 14.2 Å². The lowest BCUT2D eigenvalue weighted by molar-refractivity contribution is -0.148. The van der Waals surface area contributed by atoms with Crippen molar-refractivity contribution < 1.29 is 28.6 Å². The second-order valence-corrected chi connectivity index (χ2v) is 6.35. The molecule has 0 bridgehead atoms. The molecule has 2 aromatic rings. The van der Waals surface area contributed by atoms with Gasteiger partial charge in [0.2, 0.25) is 5.78 Å². The van der Waals surface area contributed by atoms with E-state index >= 15 is 0 Å². The molecule has 2 rings (SSSR count). The van der Waals surface area contributed by atoms with Gasteiger partial charge in [0, 0.05) is 11.3 Å². The van der Waals surface area contributed by atoms with Crippen molar-refractivity contribution in [2.24, 2.45) is 0 Å². The van der Waals surface area contributed by atoms with Crippen LogP contribution in [0.3, 0.4) is 0 Å². The van der Waals surface area contributed by atoms with Crippen molar-refractivity contribution in [2.75, 3.05) is 13.2 Å². The van der Waals surface area contributed by atoms with Gasteiger partial charge in [-0.3, -0.25) is 9.59 Å². The zero-order valence-electron chi connectivity index (χ0n) is 16.8. The molecule has 0 aliphatic rings. The minimum Gasteiger partial charge on any atom is -0.490 e. The van der Waals surface area contributed by atoms with Crippen LogP contribution >= 0.6 is 0 Å². The molecule has 7 heteroatoms. The highest BCUT2D eigenvalue weighted by molar-refractivity contribution is 6.05. The van der Waals surface area contributed by atoms with Gasteiger partial charge in [-0.15, -0.1) is 0 Å². The summed E-state index contributed by atoms with van der Waals surface area (Å²) in [5, 5.41) is 0. The largest absolute Gasteiger partial charge is 0.490 e. The van der Waals surface area contributed by atoms with Gasteiger partial charge in [-0.05, 0) is 52.3 Å². The van der Waals surface area contributed by atoms with E-state index < -0.39 is 17.9 Å². The number of aromatic amines is 1. The van der Waals surface area contributed by atoms with Gasteiger partial charge in [-0.25, -0.2) is 4.79 Å². The predicted octanol–water partition coefficient (Wildman–Crippen LogP) is 3.43. The Morgan fingerprint density at radius 1 is 1.07 bits per heavy atom. The number of esters is 1. The van der Waals surface area contributed by atoms with Crippen LogP contribution in [0.1, 0.15) is 52.9 Å². The molecule has 0 saturated carbocycles. The number of hydrogen-bond acceptors (Lipinski definition) is 6. The topological polar surface area (TPSA) is 94.7 Å². The summed E-state index contributed by atoms with van der Waals surface area (Å²) in [6.45, 7) is 8.29. The molecule has 1 heterocycles. The summed E-state index contributed by atoms with van der Waals surface area (Å²) >= 11 is 0. The number of ketones is 2. The quantitative estimate of drug-likeness (QED) is 0.523. The van der Waals surface area contributed by atoms with Crippen LogP contribution in [-0.4, -0.2) is 41.8 Å². The van der Waals surface area contributed by atoms with Crippen molar-refractivity contribution in [1.29, 1.82) is 0 Å². The summed E-state index contributed by atoms with van der Waals surface area (Å²) in [5.74, 6) is -0.272. The van der Waals surface area contributed by atoms with Crippen LogP contribution in [0.5, 0.6) is 11.5 Å². The summed E-state index contributed by atoms with van der Waals surface area (Å²) < 4.78 is 16.1. The van der Waals surface area contributed by atoms with E-state index in [-0.39, 0.29) is 18.1 Å². The number of H-pyrrole nitrogens is 1. The molecule has 150 valence electrons. The smallest absolute Gasteiger partial charge is 0.344 e. The minimum absolute atomic E-state index is 0.128. The molecule has 1 N–H and O–H groups in total. The number of nitrogens with one attached hydrogen (secondary N) is 1. The molecule has 0 amide bonds. The third kappa shape index (κ3) is 4.79. The molecule has 0 spiro atoms. The number of ether oxygens (including phenoxy) is 3. The lowest BCUT2D eigenvalue weighted by Gasteiger charge is -2.14. The lowest BCUT2D eigenvalue weighted by atomic mass is 10.0. The van der Waals surface area contributed by atoms with Gasteiger partial charge in [0.25, 0.3) is 0 Å². The average molecular weight is 387 g/mol. The summed E-state index contributed by atoms with van der Waals surface area (Å²) in [4.78, 5) is 39.4. The second kappa shape index (κ2) is 9.21. The van der Waals surface area contributed by atoms with Crippen LogP contribution in [0.15, 0.2) is 24.3 Å². The lowest BCUT2D eigenvalue weighted by Crippen LogP contribution is -2.28. The zero-order valence-corrected chi connectivity index (χ0v) is 16.8. The minimum atomic E-state index is -1.02. The molecule has 0 saturated heterocycles. The Morgan fingerprint density at radius 3 is 2.21 bits per heavy atom. The van der Waals surface area contributed by atoms with E-state index in [1.807, 2.05) is 6.92 Å². The SMILES string of the molecule is CCOc1ccccc1OCC(=O)O[C@H](C)C(=O)c1[nH]c(C)c(C(C)=O)c1C. The van der Waals surface area contributed by atoms with Crippen LogP contribution in [0.25, 0.3) is 0 Å². The number of aromatic nitrogens is 1. The van der Waals surface area contributed by atoms with Crippen molar-refractivity contribution in [3.05, 3.63) is 46.8 Å². The van der Waals surface area contributed by atoms with Gasteiger partial charge in [0.15, 0.2) is 30.0 Å². The molecule has 0 aliphatic carbocycles. The Labute approximate surface area is 164 Å². The van der Waals surface area contributed by atoms with Crippen LogP contribution in [0, 0.1) is 13.8 Å². The Bertz CT molecular complexity index is 883. The van der Waals surface area contributed by atoms with E-state index in [0.717, 1.165) is 0 Å². The molecule has 0 unspecified atom stereocenters. The van der Waals surface area contributed by atoms with Crippen LogP contribution in [-0.2, 0) is 9.53 Å². The van der Waals surface area contributed by atoms with Crippen LogP contribution in [0.4, 0.5) is 0 Å². The molecule has 1 aromatic heterocycles. The number of benzene rings is 1. The van der Waals surface area contributed by atoms with Crippen LogP contribution in [0.2, 0.25) is 0 Å². The Morgan fingerprint density at radius 2 is 1.68 bits per heavy atom. The first-order valence-electron chi connectivity index (χ1n) is 9.04. The first-order valence-corrected chi connectivity index (χ1v) is 9.04. The maximum Gasteiger partial charge on any atom is 0.344 e. The van der Waals surface area contributed by atoms with Crippen LogP contribution < -0.4 is 9.47 Å². The summed E-state index contributed by atoms with van der Waals surface area (Å²) in [6.07, 6.45) is -1.02. The Hall–Kier alpha value is -3.09.